The summed E-state index contributed by atoms with van der Waals surface area (Å²) in [4.78, 5) is 71.8. The Morgan fingerprint density at radius 2 is 1.72 bits per heavy atom. The van der Waals surface area contributed by atoms with Crippen molar-refractivity contribution >= 4 is 57.5 Å². The summed E-state index contributed by atoms with van der Waals surface area (Å²) in [5.41, 5.74) is -0.0570. The minimum atomic E-state index is -1.14. The second-order valence-corrected chi connectivity index (χ2v) is 22.2. The molecule has 0 spiro atoms. The molecule has 3 aromatic rings. The number of aliphatic carboxylic acids is 1. The summed E-state index contributed by atoms with van der Waals surface area (Å²) < 4.78 is 19.1. The molecular weight excluding hydrogens is 854 g/mol. The Bertz CT molecular complexity index is 2230. The number of hydrogen-bond donors (Lipinski definition) is 1. The van der Waals surface area contributed by atoms with Gasteiger partial charge in [-0.15, -0.1) is 11.3 Å². The van der Waals surface area contributed by atoms with Crippen LogP contribution < -0.4 is 9.47 Å². The van der Waals surface area contributed by atoms with Crippen molar-refractivity contribution in [3.05, 3.63) is 33.6 Å². The van der Waals surface area contributed by atoms with Gasteiger partial charge in [0.05, 0.1) is 52.3 Å². The molecule has 15 heteroatoms. The molecule has 8 rings (SSSR count). The van der Waals surface area contributed by atoms with Gasteiger partial charge in [0.2, 0.25) is 5.91 Å². The average molecular weight is 921 g/mol. The lowest BCUT2D eigenvalue weighted by Crippen LogP contribution is -2.48. The van der Waals surface area contributed by atoms with Gasteiger partial charge < -0.3 is 29.1 Å². The number of ketones is 1. The number of benzene rings is 1. The molecule has 348 valence electrons. The maximum absolute atomic E-state index is 14.9. The molecule has 2 aliphatic heterocycles. The van der Waals surface area contributed by atoms with E-state index in [-0.39, 0.29) is 49.5 Å². The van der Waals surface area contributed by atoms with Crippen molar-refractivity contribution < 1.29 is 38.5 Å². The smallest absolute Gasteiger partial charge is 0.310 e. The molecule has 5 fully saturated rings. The third-order valence-corrected chi connectivity index (χ3v) is 15.8. The quantitative estimate of drug-likeness (QED) is 0.123. The molecule has 64 heavy (non-hydrogen) atoms. The van der Waals surface area contributed by atoms with Crippen molar-refractivity contribution in [2.45, 2.75) is 118 Å². The number of fused-ring (bicyclic) bond motifs is 2. The molecule has 0 radical (unpaired) electrons. The summed E-state index contributed by atoms with van der Waals surface area (Å²) in [7, 11) is 2.13. The van der Waals surface area contributed by atoms with Crippen LogP contribution in [0.1, 0.15) is 97.9 Å². The van der Waals surface area contributed by atoms with Gasteiger partial charge in [-0.2, -0.15) is 0 Å². The Morgan fingerprint density at radius 1 is 0.984 bits per heavy atom. The van der Waals surface area contributed by atoms with Crippen LogP contribution in [0, 0.1) is 40.4 Å². The van der Waals surface area contributed by atoms with Crippen LogP contribution in [0.25, 0.3) is 22.3 Å². The van der Waals surface area contributed by atoms with Gasteiger partial charge in [-0.1, -0.05) is 59.6 Å². The van der Waals surface area contributed by atoms with Gasteiger partial charge in [0.25, 0.3) is 0 Å². The van der Waals surface area contributed by atoms with Crippen LogP contribution >= 0.6 is 22.9 Å². The number of amides is 1. The highest BCUT2D eigenvalue weighted by Gasteiger charge is 2.61. The molecule has 1 aromatic carbocycles. The Balaban J connectivity index is 1.09. The molecule has 0 bridgehead atoms. The van der Waals surface area contributed by atoms with Crippen LogP contribution in [0.4, 0.5) is 0 Å². The van der Waals surface area contributed by atoms with Crippen LogP contribution in [0.15, 0.2) is 23.6 Å². The van der Waals surface area contributed by atoms with E-state index in [1.54, 1.807) is 16.2 Å². The van der Waals surface area contributed by atoms with E-state index in [1.807, 2.05) is 51.3 Å². The second kappa shape index (κ2) is 18.8. The highest BCUT2D eigenvalue weighted by Crippen LogP contribution is 2.58. The van der Waals surface area contributed by atoms with Crippen molar-refractivity contribution in [2.75, 3.05) is 52.9 Å². The van der Waals surface area contributed by atoms with Gasteiger partial charge in [0.1, 0.15) is 35.3 Å². The first-order chi connectivity index (χ1) is 30.4. The van der Waals surface area contributed by atoms with E-state index in [9.17, 15) is 24.3 Å². The SMILES string of the molecule is CC[C@@H]1CC1(CC(=O)[C@@H]1C[C@@H](Oc2cc(-c3csc(CC(C)C)n3)nc3c(Cl)c(OCCN4CCN(C)CC4)ccc23)CN1C(=O)[C@@H](CC(=O)OC1C[C@@H]2C[C@@H]2C1)C(C)(C)C)C(=O)O. The lowest BCUT2D eigenvalue weighted by Gasteiger charge is -2.35. The highest BCUT2D eigenvalue weighted by atomic mass is 35.5. The largest absolute Gasteiger partial charge is 0.491 e. The standard InChI is InChI=1S/C49H66ClN5O8S/c1-8-31-24-49(31,47(59)60)25-39(56)38-21-33(26-55(38)46(58)35(48(4,5)6)22-43(57)63-32-19-29-18-30(29)20-32)62-41-23-36(37-27-64-42(51-37)17-28(2)3)52-45-34(41)9-10-40(44(45)50)61-16-15-54-13-11-53(7)12-14-54/h9-10,23,27-33,35,38H,8,11-22,24-26H2,1-7H3,(H,59,60)/t29-,30+,31-,32?,33-,35-,38+,49?/m1/s1. The van der Waals surface area contributed by atoms with E-state index in [0.29, 0.717) is 76.0 Å². The maximum atomic E-state index is 14.9. The lowest BCUT2D eigenvalue weighted by molar-refractivity contribution is -0.157. The third-order valence-electron chi connectivity index (χ3n) is 14.6. The van der Waals surface area contributed by atoms with E-state index in [4.69, 9.17) is 35.8 Å². The number of carboxylic acid groups (broad SMARTS) is 1. The third kappa shape index (κ3) is 10.2. The number of rotatable bonds is 18. The number of Topliss-reactive ketones (excluding diaryl/α,β-unsaturated/α-hetero) is 1. The molecule has 8 atom stereocenters. The fourth-order valence-electron chi connectivity index (χ4n) is 10.4. The number of hydrogen-bond acceptors (Lipinski definition) is 12. The van der Waals surface area contributed by atoms with Crippen LogP contribution in [0.3, 0.4) is 0 Å². The number of piperazine rings is 1. The Labute approximate surface area is 386 Å². The first kappa shape index (κ1) is 46.7. The summed E-state index contributed by atoms with van der Waals surface area (Å²) >= 11 is 8.74. The molecule has 5 aliphatic rings. The number of ether oxygens (including phenoxy) is 3. The van der Waals surface area contributed by atoms with Crippen molar-refractivity contribution in [1.29, 1.82) is 0 Å². The van der Waals surface area contributed by atoms with Gasteiger partial charge in [0, 0.05) is 68.8 Å². The molecule has 2 unspecified atom stereocenters. The number of carbonyl (C=O) groups excluding carboxylic acids is 3. The van der Waals surface area contributed by atoms with Crippen LogP contribution in [0.2, 0.25) is 5.02 Å². The number of pyridine rings is 1. The fourth-order valence-corrected chi connectivity index (χ4v) is 11.7. The van der Waals surface area contributed by atoms with E-state index in [1.165, 1.54) is 6.42 Å². The van der Waals surface area contributed by atoms with Gasteiger partial charge in [-0.05, 0) is 74.0 Å². The van der Waals surface area contributed by atoms with Crippen molar-refractivity contribution in [3.63, 3.8) is 0 Å². The highest BCUT2D eigenvalue weighted by molar-refractivity contribution is 7.09. The predicted octanol–water partition coefficient (Wildman–Crippen LogP) is 8.04. The van der Waals surface area contributed by atoms with E-state index in [2.05, 4.69) is 30.7 Å². The van der Waals surface area contributed by atoms with Crippen molar-refractivity contribution in [2.24, 2.45) is 40.4 Å². The zero-order valence-electron chi connectivity index (χ0n) is 38.6. The molecule has 13 nitrogen and oxygen atoms in total. The number of likely N-dealkylation sites (N-methyl/N-ethyl adjacent to an activating group) is 1. The maximum Gasteiger partial charge on any atom is 0.310 e. The first-order valence-corrected chi connectivity index (χ1v) is 24.7. The monoisotopic (exact) mass is 919 g/mol. The van der Waals surface area contributed by atoms with Gasteiger partial charge in [-0.25, -0.2) is 9.97 Å². The Hall–Kier alpha value is -3.85. The minimum Gasteiger partial charge on any atom is -0.491 e. The molecule has 3 saturated carbocycles. The number of esters is 1. The molecule has 4 heterocycles. The predicted molar refractivity (Wildman–Crippen MR) is 247 cm³/mol. The summed E-state index contributed by atoms with van der Waals surface area (Å²) in [5.74, 6) is -0.241. The number of likely N-dealkylation sites (tertiary alicyclic amines) is 1. The fraction of sp³-hybridized carbons (Fsp3) is 0.673. The molecule has 1 amide bonds. The van der Waals surface area contributed by atoms with Gasteiger partial charge >= 0.3 is 11.9 Å². The minimum absolute atomic E-state index is 0.0652. The van der Waals surface area contributed by atoms with Crippen LogP contribution in [-0.4, -0.2) is 125 Å². The zero-order valence-corrected chi connectivity index (χ0v) is 40.1. The van der Waals surface area contributed by atoms with E-state index >= 15 is 0 Å². The Kier molecular flexibility index (Phi) is 13.7. The second-order valence-electron chi connectivity index (χ2n) is 20.9. The number of carbonyl (C=O) groups is 4. The van der Waals surface area contributed by atoms with Crippen LogP contribution in [-0.2, 0) is 30.3 Å². The molecule has 2 saturated heterocycles. The summed E-state index contributed by atoms with van der Waals surface area (Å²) in [6, 6.07) is 4.62. The molecular formula is C49H66ClN5O8S. The summed E-state index contributed by atoms with van der Waals surface area (Å²) in [6.07, 6.45) is 3.94. The summed E-state index contributed by atoms with van der Waals surface area (Å²) in [6.45, 7) is 17.3. The van der Waals surface area contributed by atoms with Crippen molar-refractivity contribution in [3.8, 4) is 22.9 Å². The van der Waals surface area contributed by atoms with E-state index < -0.39 is 40.8 Å². The van der Waals surface area contributed by atoms with Gasteiger partial charge in [-0.3, -0.25) is 24.1 Å². The normalized spacial score (nSPS) is 27.4. The van der Waals surface area contributed by atoms with E-state index in [0.717, 1.165) is 57.0 Å². The van der Waals surface area contributed by atoms with Crippen LogP contribution in [0.5, 0.6) is 11.5 Å². The summed E-state index contributed by atoms with van der Waals surface area (Å²) in [5, 5.41) is 14.3. The number of aromatic nitrogens is 2. The first-order valence-electron chi connectivity index (χ1n) is 23.5. The zero-order chi connectivity index (χ0) is 45.7. The molecule has 3 aliphatic carbocycles. The number of nitrogens with zero attached hydrogens (tertiary/aromatic N) is 5. The number of carboxylic acids is 1. The van der Waals surface area contributed by atoms with Crippen molar-refractivity contribution in [1.82, 2.24) is 24.7 Å². The lowest BCUT2D eigenvalue weighted by atomic mass is 9.77. The average Bonchev–Trinajstić information content (AvgIpc) is 3.91. The molecule has 2 aromatic heterocycles. The van der Waals surface area contributed by atoms with Gasteiger partial charge in [0.15, 0.2) is 5.78 Å². The number of thiazole rings is 1. The topological polar surface area (TPSA) is 152 Å². The molecule has 1 N–H and O–H groups in total. The number of halogens is 1. The Morgan fingerprint density at radius 3 is 2.38 bits per heavy atom.